The third-order valence-electron chi connectivity index (χ3n) is 1.78. The van der Waals surface area contributed by atoms with Crippen LogP contribution in [0.25, 0.3) is 0 Å². The maximum Gasteiger partial charge on any atom is 0.573 e. The minimum absolute atomic E-state index is 0.107. The second-order valence-electron chi connectivity index (χ2n) is 3.01. The van der Waals surface area contributed by atoms with E-state index in [-0.39, 0.29) is 11.4 Å². The molecule has 1 heterocycles. The molecule has 0 N–H and O–H groups in total. The molecule has 0 radical (unpaired) electrons. The number of ether oxygens (including phenoxy) is 2. The largest absolute Gasteiger partial charge is 0.573 e. The maximum atomic E-state index is 12.4. The van der Waals surface area contributed by atoms with E-state index in [1.165, 1.54) is 6.92 Å². The number of rotatable bonds is 3. The standard InChI is InChI=1S/C9H8F5NO2/c1-4-7(16-2)6(17-9(12,13)14)3-5(15-4)8(10)11/h3,8H,1-2H3. The van der Waals surface area contributed by atoms with Crippen LogP contribution >= 0.6 is 0 Å². The average Bonchev–Trinajstić information content (AvgIpc) is 2.14. The zero-order chi connectivity index (χ0) is 13.2. The normalized spacial score (nSPS) is 11.8. The lowest BCUT2D eigenvalue weighted by Gasteiger charge is -2.15. The molecule has 0 saturated heterocycles. The summed E-state index contributed by atoms with van der Waals surface area (Å²) in [7, 11) is 1.09. The van der Waals surface area contributed by atoms with E-state index in [1.54, 1.807) is 0 Å². The second kappa shape index (κ2) is 4.72. The summed E-state index contributed by atoms with van der Waals surface area (Å²) in [4.78, 5) is 3.41. The predicted molar refractivity (Wildman–Crippen MR) is 47.2 cm³/mol. The van der Waals surface area contributed by atoms with Crippen LogP contribution in [0.2, 0.25) is 0 Å². The molecule has 3 nitrogen and oxygen atoms in total. The van der Waals surface area contributed by atoms with E-state index in [0.717, 1.165) is 7.11 Å². The van der Waals surface area contributed by atoms with E-state index in [2.05, 4.69) is 14.5 Å². The van der Waals surface area contributed by atoms with Crippen molar-refractivity contribution in [2.24, 2.45) is 0 Å². The van der Waals surface area contributed by atoms with Crippen LogP contribution in [0, 0.1) is 6.92 Å². The summed E-state index contributed by atoms with van der Waals surface area (Å²) in [5, 5.41) is 0. The fraction of sp³-hybridized carbons (Fsp3) is 0.444. The quantitative estimate of drug-likeness (QED) is 0.779. The summed E-state index contributed by atoms with van der Waals surface area (Å²) >= 11 is 0. The molecule has 1 aromatic rings. The smallest absolute Gasteiger partial charge is 0.491 e. The molecule has 0 spiro atoms. The number of halogens is 5. The predicted octanol–water partition coefficient (Wildman–Crippen LogP) is 3.23. The van der Waals surface area contributed by atoms with Crippen molar-refractivity contribution in [2.75, 3.05) is 7.11 Å². The van der Waals surface area contributed by atoms with Gasteiger partial charge in [-0.2, -0.15) is 0 Å². The summed E-state index contributed by atoms with van der Waals surface area (Å²) < 4.78 is 69.0. The van der Waals surface area contributed by atoms with Gasteiger partial charge in [-0.3, -0.25) is 0 Å². The molecule has 0 atom stereocenters. The van der Waals surface area contributed by atoms with Gasteiger partial charge in [-0.1, -0.05) is 0 Å². The monoisotopic (exact) mass is 257 g/mol. The topological polar surface area (TPSA) is 31.4 Å². The fourth-order valence-electron chi connectivity index (χ4n) is 1.22. The molecule has 0 unspecified atom stereocenters. The molecule has 0 aliphatic carbocycles. The van der Waals surface area contributed by atoms with Gasteiger partial charge < -0.3 is 9.47 Å². The van der Waals surface area contributed by atoms with Gasteiger partial charge in [-0.05, 0) is 6.92 Å². The lowest BCUT2D eigenvalue weighted by molar-refractivity contribution is -0.275. The van der Waals surface area contributed by atoms with E-state index in [0.29, 0.717) is 6.07 Å². The highest BCUT2D eigenvalue weighted by Crippen LogP contribution is 2.36. The van der Waals surface area contributed by atoms with Gasteiger partial charge in [0.05, 0.1) is 12.8 Å². The van der Waals surface area contributed by atoms with Crippen LogP contribution in [0.4, 0.5) is 22.0 Å². The number of aryl methyl sites for hydroxylation is 1. The van der Waals surface area contributed by atoms with Gasteiger partial charge in [-0.15, -0.1) is 13.2 Å². The van der Waals surface area contributed by atoms with Crippen molar-refractivity contribution in [3.8, 4) is 11.5 Å². The molecular weight excluding hydrogens is 249 g/mol. The van der Waals surface area contributed by atoms with Crippen LogP contribution in [0.15, 0.2) is 6.07 Å². The van der Waals surface area contributed by atoms with Gasteiger partial charge >= 0.3 is 6.36 Å². The molecule has 0 aromatic carbocycles. The lowest BCUT2D eigenvalue weighted by Crippen LogP contribution is -2.18. The first-order valence-corrected chi connectivity index (χ1v) is 4.34. The molecule has 0 bridgehead atoms. The Morgan fingerprint density at radius 1 is 1.29 bits per heavy atom. The van der Waals surface area contributed by atoms with Crippen molar-refractivity contribution in [2.45, 2.75) is 19.7 Å². The van der Waals surface area contributed by atoms with Gasteiger partial charge in [-0.25, -0.2) is 13.8 Å². The van der Waals surface area contributed by atoms with Crippen LogP contribution in [-0.2, 0) is 0 Å². The molecule has 0 saturated carbocycles. The van der Waals surface area contributed by atoms with Crippen molar-refractivity contribution >= 4 is 0 Å². The molecule has 96 valence electrons. The molecule has 0 amide bonds. The lowest BCUT2D eigenvalue weighted by atomic mass is 10.2. The minimum Gasteiger partial charge on any atom is -0.491 e. The van der Waals surface area contributed by atoms with Gasteiger partial charge in [0.25, 0.3) is 6.43 Å². The van der Waals surface area contributed by atoms with E-state index in [4.69, 9.17) is 0 Å². The SMILES string of the molecule is COc1c(OC(F)(F)F)cc(C(F)F)nc1C. The number of hydrogen-bond donors (Lipinski definition) is 0. The first-order chi connectivity index (χ1) is 7.74. The van der Waals surface area contributed by atoms with Crippen molar-refractivity contribution in [3.63, 3.8) is 0 Å². The Kier molecular flexibility index (Phi) is 3.74. The summed E-state index contributed by atoms with van der Waals surface area (Å²) in [6.07, 6.45) is -7.98. The Labute approximate surface area is 93.2 Å². The molecule has 1 aromatic heterocycles. The number of hydrogen-bond acceptors (Lipinski definition) is 3. The second-order valence-corrected chi connectivity index (χ2v) is 3.01. The molecule has 0 fully saturated rings. The fourth-order valence-corrected chi connectivity index (χ4v) is 1.22. The van der Waals surface area contributed by atoms with Gasteiger partial charge in [0.15, 0.2) is 11.5 Å². The van der Waals surface area contributed by atoms with Crippen molar-refractivity contribution in [1.29, 1.82) is 0 Å². The molecule has 17 heavy (non-hydrogen) atoms. The highest BCUT2D eigenvalue weighted by molar-refractivity contribution is 5.44. The molecule has 0 aliphatic heterocycles. The summed E-state index contributed by atoms with van der Waals surface area (Å²) in [5.74, 6) is -1.16. The summed E-state index contributed by atoms with van der Waals surface area (Å²) in [6.45, 7) is 1.24. The summed E-state index contributed by atoms with van der Waals surface area (Å²) in [5.41, 5.74) is -0.910. The Morgan fingerprint density at radius 2 is 1.88 bits per heavy atom. The Morgan fingerprint density at radius 3 is 2.29 bits per heavy atom. The van der Waals surface area contributed by atoms with E-state index in [9.17, 15) is 22.0 Å². The minimum atomic E-state index is -4.99. The maximum absolute atomic E-state index is 12.4. The van der Waals surface area contributed by atoms with Crippen molar-refractivity contribution in [1.82, 2.24) is 4.98 Å². The Balaban J connectivity index is 3.24. The first kappa shape index (κ1) is 13.5. The molecule has 1 rings (SSSR count). The third-order valence-corrected chi connectivity index (χ3v) is 1.78. The first-order valence-electron chi connectivity index (χ1n) is 4.34. The molecule has 0 aliphatic rings. The van der Waals surface area contributed by atoms with Crippen molar-refractivity contribution < 1.29 is 31.4 Å². The number of alkyl halides is 5. The number of nitrogens with zero attached hydrogens (tertiary/aromatic N) is 1. The van der Waals surface area contributed by atoms with Gasteiger partial charge in [0, 0.05) is 6.07 Å². The summed E-state index contributed by atoms with van der Waals surface area (Å²) in [6, 6.07) is 0.504. The zero-order valence-electron chi connectivity index (χ0n) is 8.81. The van der Waals surface area contributed by atoms with Crippen molar-refractivity contribution in [3.05, 3.63) is 17.5 Å². The highest BCUT2D eigenvalue weighted by atomic mass is 19.4. The molecular formula is C9H8F5NO2. The van der Waals surface area contributed by atoms with Crippen LogP contribution in [0.5, 0.6) is 11.5 Å². The van der Waals surface area contributed by atoms with Crippen LogP contribution < -0.4 is 9.47 Å². The van der Waals surface area contributed by atoms with Gasteiger partial charge in [0.2, 0.25) is 0 Å². The Hall–Kier alpha value is -1.60. The van der Waals surface area contributed by atoms with E-state index in [1.807, 2.05) is 0 Å². The number of aromatic nitrogens is 1. The highest BCUT2D eigenvalue weighted by Gasteiger charge is 2.33. The Bertz CT molecular complexity index is 405. The van der Waals surface area contributed by atoms with Crippen LogP contribution in [0.1, 0.15) is 17.8 Å². The number of pyridine rings is 1. The average molecular weight is 257 g/mol. The van der Waals surface area contributed by atoms with Crippen LogP contribution in [-0.4, -0.2) is 18.5 Å². The van der Waals surface area contributed by atoms with Crippen LogP contribution in [0.3, 0.4) is 0 Å². The zero-order valence-corrected chi connectivity index (χ0v) is 8.81. The van der Waals surface area contributed by atoms with E-state index < -0.39 is 24.2 Å². The third kappa shape index (κ3) is 3.43. The van der Waals surface area contributed by atoms with E-state index >= 15 is 0 Å². The number of methoxy groups -OCH3 is 1. The van der Waals surface area contributed by atoms with Gasteiger partial charge in [0.1, 0.15) is 5.69 Å². The molecule has 8 heteroatoms.